The number of carbonyl (C=O) groups excluding carboxylic acids is 3. The van der Waals surface area contributed by atoms with Crippen molar-refractivity contribution in [3.63, 3.8) is 0 Å². The lowest BCUT2D eigenvalue weighted by molar-refractivity contribution is -0.142. The fourth-order valence-electron chi connectivity index (χ4n) is 3.09. The zero-order chi connectivity index (χ0) is 19.4. The van der Waals surface area contributed by atoms with E-state index in [9.17, 15) is 24.6 Å². The Morgan fingerprint density at radius 1 is 1.26 bits per heavy atom. The molecule has 0 spiro atoms. The van der Waals surface area contributed by atoms with Crippen molar-refractivity contribution < 1.29 is 29.4 Å². The van der Waals surface area contributed by atoms with E-state index >= 15 is 0 Å². The van der Waals surface area contributed by atoms with E-state index in [1.807, 2.05) is 11.8 Å². The summed E-state index contributed by atoms with van der Waals surface area (Å²) in [6, 6.07) is 2.63. The van der Waals surface area contributed by atoms with Crippen molar-refractivity contribution in [1.29, 1.82) is 0 Å². The van der Waals surface area contributed by atoms with Crippen molar-refractivity contribution in [3.05, 3.63) is 12.1 Å². The quantitative estimate of drug-likeness (QED) is 0.363. The predicted octanol–water partition coefficient (Wildman–Crippen LogP) is 0.840. The topological polar surface area (TPSA) is 130 Å². The van der Waals surface area contributed by atoms with Crippen molar-refractivity contribution in [3.8, 4) is 11.8 Å². The third kappa shape index (κ3) is 5.04. The van der Waals surface area contributed by atoms with Gasteiger partial charge in [0.25, 0.3) is 0 Å². The van der Waals surface area contributed by atoms with Gasteiger partial charge in [0.05, 0.1) is 12.1 Å². The molecule has 0 aliphatic carbocycles. The summed E-state index contributed by atoms with van der Waals surface area (Å²) in [5.41, 5.74) is 0. The fourth-order valence-corrected chi connectivity index (χ4v) is 5.26. The van der Waals surface area contributed by atoms with Crippen molar-refractivity contribution in [2.45, 2.75) is 43.0 Å². The highest BCUT2D eigenvalue weighted by Gasteiger charge is 2.42. The first-order chi connectivity index (χ1) is 12.9. The summed E-state index contributed by atoms with van der Waals surface area (Å²) < 4.78 is 0.594. The Morgan fingerprint density at radius 3 is 2.74 bits per heavy atom. The van der Waals surface area contributed by atoms with Crippen molar-refractivity contribution in [1.82, 2.24) is 15.4 Å². The third-order valence-corrected chi connectivity index (χ3v) is 6.81. The van der Waals surface area contributed by atoms with Crippen LogP contribution in [0.5, 0.6) is 11.8 Å². The maximum Gasteiger partial charge on any atom is 0.343 e. The lowest BCUT2D eigenvalue weighted by atomic mass is 10.0. The lowest BCUT2D eigenvalue weighted by Gasteiger charge is -2.16. The number of carbonyl (C=O) groups is 3. The predicted molar refractivity (Wildman–Crippen MR) is 101 cm³/mol. The largest absolute Gasteiger partial charge is 0.492 e. The minimum absolute atomic E-state index is 0.102. The van der Waals surface area contributed by atoms with E-state index in [2.05, 4.69) is 10.6 Å². The van der Waals surface area contributed by atoms with Crippen LogP contribution in [0.4, 0.5) is 4.79 Å². The summed E-state index contributed by atoms with van der Waals surface area (Å²) in [7, 11) is 0. The van der Waals surface area contributed by atoms with Crippen LogP contribution in [0, 0.1) is 0 Å². The molecule has 2 aliphatic rings. The first kappa shape index (κ1) is 19.7. The lowest BCUT2D eigenvalue weighted by Crippen LogP contribution is -2.36. The van der Waals surface area contributed by atoms with Crippen LogP contribution in [0.2, 0.25) is 0 Å². The number of urea groups is 1. The van der Waals surface area contributed by atoms with Gasteiger partial charge < -0.3 is 25.7 Å². The molecule has 0 aromatic carbocycles. The highest BCUT2D eigenvalue weighted by Crippen LogP contribution is 2.33. The average Bonchev–Trinajstić information content (AvgIpc) is 3.27. The molecule has 2 saturated heterocycles. The number of unbranched alkanes of at least 4 members (excludes halogenated alkanes) is 1. The second kappa shape index (κ2) is 8.79. The van der Waals surface area contributed by atoms with Gasteiger partial charge in [-0.1, -0.05) is 18.2 Å². The van der Waals surface area contributed by atoms with Crippen LogP contribution in [-0.4, -0.2) is 60.9 Å². The molecule has 2 aliphatic heterocycles. The maximum atomic E-state index is 11.9. The van der Waals surface area contributed by atoms with Gasteiger partial charge in [-0.2, -0.15) is 11.8 Å². The SMILES string of the molecule is O=C1NC2CSC(CCCCC(=O)SCC(=O)On3c(O)ccc3O)C2N1. The van der Waals surface area contributed by atoms with E-state index < -0.39 is 17.7 Å². The molecule has 0 bridgehead atoms. The van der Waals surface area contributed by atoms with Gasteiger partial charge in [0.1, 0.15) is 5.75 Å². The molecule has 9 nitrogen and oxygen atoms in total. The highest BCUT2D eigenvalue weighted by molar-refractivity contribution is 8.14. The van der Waals surface area contributed by atoms with Gasteiger partial charge in [-0.15, -0.1) is 4.73 Å². The van der Waals surface area contributed by atoms with E-state index in [1.54, 1.807) is 0 Å². The molecule has 3 heterocycles. The number of fused-ring (bicyclic) bond motifs is 1. The number of hydrogen-bond donors (Lipinski definition) is 4. The Bertz CT molecular complexity index is 706. The first-order valence-electron chi connectivity index (χ1n) is 8.59. The summed E-state index contributed by atoms with van der Waals surface area (Å²) in [6.07, 6.45) is 2.88. The van der Waals surface area contributed by atoms with Crippen LogP contribution in [-0.2, 0) is 9.59 Å². The molecular formula is C16H21N3O6S2. The molecule has 1 aromatic rings. The van der Waals surface area contributed by atoms with Crippen LogP contribution in [0.1, 0.15) is 25.7 Å². The van der Waals surface area contributed by atoms with E-state index in [0.29, 0.717) is 16.4 Å². The summed E-state index contributed by atoms with van der Waals surface area (Å²) in [4.78, 5) is 39.7. The molecule has 148 valence electrons. The van der Waals surface area contributed by atoms with Gasteiger partial charge in [0, 0.05) is 29.6 Å². The first-order valence-corrected chi connectivity index (χ1v) is 10.6. The van der Waals surface area contributed by atoms with Crippen molar-refractivity contribution in [2.75, 3.05) is 11.5 Å². The van der Waals surface area contributed by atoms with E-state index in [4.69, 9.17) is 4.84 Å². The standard InChI is InChI=1S/C16H21N3O6S2/c20-11-5-6-12(21)19(11)25-13(22)8-27-14(23)4-2-1-3-10-15-9(7-26-10)17-16(24)18-15/h5-6,9-10,15,20-21H,1-4,7-8H2,(H2,17,18,24). The molecule has 3 atom stereocenters. The van der Waals surface area contributed by atoms with E-state index in [-0.39, 0.29) is 29.0 Å². The normalized spacial score (nSPS) is 23.6. The Hall–Kier alpha value is -2.01. The summed E-state index contributed by atoms with van der Waals surface area (Å²) in [5, 5.41) is 24.9. The van der Waals surface area contributed by atoms with Gasteiger partial charge >= 0.3 is 12.0 Å². The van der Waals surface area contributed by atoms with Crippen LogP contribution in [0.3, 0.4) is 0 Å². The Labute approximate surface area is 164 Å². The maximum absolute atomic E-state index is 11.9. The molecule has 2 fully saturated rings. The van der Waals surface area contributed by atoms with Gasteiger partial charge in [-0.3, -0.25) is 4.79 Å². The summed E-state index contributed by atoms with van der Waals surface area (Å²) in [6.45, 7) is 0. The number of thioether (sulfide) groups is 2. The molecule has 3 unspecified atom stereocenters. The van der Waals surface area contributed by atoms with Gasteiger partial charge in [-0.25, -0.2) is 9.59 Å². The second-order valence-corrected chi connectivity index (χ2v) is 8.64. The van der Waals surface area contributed by atoms with Crippen LogP contribution >= 0.6 is 23.5 Å². The molecule has 0 radical (unpaired) electrons. The molecule has 0 saturated carbocycles. The van der Waals surface area contributed by atoms with Crippen molar-refractivity contribution >= 4 is 40.6 Å². The smallest absolute Gasteiger partial charge is 0.343 e. The summed E-state index contributed by atoms with van der Waals surface area (Å²) in [5.74, 6) is -0.837. The second-order valence-electron chi connectivity index (χ2n) is 6.34. The van der Waals surface area contributed by atoms with Gasteiger partial charge in [0.2, 0.25) is 11.8 Å². The van der Waals surface area contributed by atoms with Crippen LogP contribution in [0.15, 0.2) is 12.1 Å². The number of aromatic nitrogens is 1. The third-order valence-electron chi connectivity index (χ3n) is 4.40. The number of nitrogens with zero attached hydrogens (tertiary/aromatic N) is 1. The Morgan fingerprint density at radius 2 is 2.00 bits per heavy atom. The number of aromatic hydroxyl groups is 2. The molecule has 4 N–H and O–H groups in total. The minimum Gasteiger partial charge on any atom is -0.492 e. The number of amides is 2. The van der Waals surface area contributed by atoms with Gasteiger partial charge in [-0.05, 0) is 12.8 Å². The Balaban J connectivity index is 1.29. The van der Waals surface area contributed by atoms with E-state index in [1.165, 1.54) is 12.1 Å². The zero-order valence-corrected chi connectivity index (χ0v) is 16.1. The highest BCUT2D eigenvalue weighted by atomic mass is 32.2. The number of rotatable bonds is 8. The molecule has 1 aromatic heterocycles. The molecule has 27 heavy (non-hydrogen) atoms. The molecule has 3 rings (SSSR count). The Kier molecular flexibility index (Phi) is 6.42. The van der Waals surface area contributed by atoms with Crippen LogP contribution in [0.25, 0.3) is 0 Å². The summed E-state index contributed by atoms with van der Waals surface area (Å²) >= 11 is 2.70. The fraction of sp³-hybridized carbons (Fsp3) is 0.562. The number of hydrogen-bond acceptors (Lipinski definition) is 8. The number of nitrogens with one attached hydrogen (secondary N) is 2. The molecule has 2 amide bonds. The van der Waals surface area contributed by atoms with Gasteiger partial charge in [0.15, 0.2) is 5.12 Å². The van der Waals surface area contributed by atoms with Crippen LogP contribution < -0.4 is 15.5 Å². The monoisotopic (exact) mass is 415 g/mol. The minimum atomic E-state index is -0.743. The van der Waals surface area contributed by atoms with Crippen molar-refractivity contribution in [2.24, 2.45) is 0 Å². The zero-order valence-electron chi connectivity index (χ0n) is 14.4. The molecular weight excluding hydrogens is 394 g/mol. The average molecular weight is 415 g/mol. The molecule has 11 heteroatoms. The van der Waals surface area contributed by atoms with E-state index in [0.717, 1.165) is 36.8 Å².